The van der Waals surface area contributed by atoms with Crippen molar-refractivity contribution in [2.75, 3.05) is 49.6 Å². The van der Waals surface area contributed by atoms with Crippen molar-refractivity contribution >= 4 is 23.4 Å². The smallest absolute Gasteiger partial charge is 0.319 e. The zero-order valence-electron chi connectivity index (χ0n) is 21.0. The molecule has 5 rings (SSSR count). The third-order valence-corrected chi connectivity index (χ3v) is 6.46. The number of urea groups is 1. The van der Waals surface area contributed by atoms with Gasteiger partial charge in [-0.25, -0.2) is 19.7 Å². The fourth-order valence-corrected chi connectivity index (χ4v) is 4.56. The van der Waals surface area contributed by atoms with E-state index in [9.17, 15) is 9.59 Å². The van der Waals surface area contributed by atoms with E-state index in [4.69, 9.17) is 14.7 Å². The highest BCUT2D eigenvalue weighted by molar-refractivity contribution is 5.93. The summed E-state index contributed by atoms with van der Waals surface area (Å²) in [6.45, 7) is 7.92. The average Bonchev–Trinajstić information content (AvgIpc) is 2.93. The van der Waals surface area contributed by atoms with E-state index in [-0.39, 0.29) is 11.9 Å². The minimum atomic E-state index is -0.252. The third kappa shape index (κ3) is 5.36. The summed E-state index contributed by atoms with van der Waals surface area (Å²) in [6.07, 6.45) is 3.78. The van der Waals surface area contributed by atoms with Gasteiger partial charge in [-0.05, 0) is 44.5 Å². The molecule has 2 aromatic heterocycles. The van der Waals surface area contributed by atoms with Gasteiger partial charge in [-0.1, -0.05) is 0 Å². The van der Waals surface area contributed by atoms with Crippen LogP contribution >= 0.6 is 0 Å². The number of benzene rings is 1. The number of amides is 3. The van der Waals surface area contributed by atoms with Gasteiger partial charge in [0.05, 0.1) is 31.1 Å². The van der Waals surface area contributed by atoms with Crippen LogP contribution in [-0.2, 0) is 17.7 Å². The first-order chi connectivity index (χ1) is 18.0. The lowest BCUT2D eigenvalue weighted by Crippen LogP contribution is -2.41. The van der Waals surface area contributed by atoms with Crippen LogP contribution in [0.2, 0.25) is 0 Å². The van der Waals surface area contributed by atoms with E-state index in [1.807, 2.05) is 31.2 Å². The lowest BCUT2D eigenvalue weighted by atomic mass is 10.0. The molecule has 0 saturated carbocycles. The molecule has 11 heteroatoms. The summed E-state index contributed by atoms with van der Waals surface area (Å²) in [6, 6.07) is 7.18. The number of nitrogens with one attached hydrogen (secondary N) is 2. The first-order valence-corrected chi connectivity index (χ1v) is 12.5. The zero-order chi connectivity index (χ0) is 25.8. The van der Waals surface area contributed by atoms with Gasteiger partial charge in [0.1, 0.15) is 11.5 Å². The number of carbonyl (C=O) groups is 2. The number of hydrogen-bond donors (Lipinski definition) is 2. The summed E-state index contributed by atoms with van der Waals surface area (Å²) in [5, 5.41) is 5.52. The topological polar surface area (TPSA) is 125 Å². The van der Waals surface area contributed by atoms with E-state index >= 15 is 0 Å². The molecule has 0 atom stereocenters. The van der Waals surface area contributed by atoms with Crippen LogP contribution in [0.25, 0.3) is 11.4 Å². The number of carbonyl (C=O) groups excluding carboxylic acids is 2. The maximum absolute atomic E-state index is 13.3. The number of nitrogens with zero attached hydrogens (tertiary/aromatic N) is 6. The molecular formula is C26H30N8O3. The normalized spacial score (nSPS) is 15.2. The summed E-state index contributed by atoms with van der Waals surface area (Å²) in [5.74, 6) is 1.33. The highest BCUT2D eigenvalue weighted by Gasteiger charge is 2.29. The van der Waals surface area contributed by atoms with Crippen LogP contribution in [0, 0.1) is 6.92 Å². The number of morpholine rings is 1. The van der Waals surface area contributed by atoms with Crippen LogP contribution in [-0.4, -0.2) is 76.2 Å². The van der Waals surface area contributed by atoms with Gasteiger partial charge >= 0.3 is 6.03 Å². The molecule has 3 aromatic rings. The number of ether oxygens (including phenoxy) is 1. The Morgan fingerprint density at radius 3 is 2.51 bits per heavy atom. The van der Waals surface area contributed by atoms with E-state index in [0.29, 0.717) is 62.2 Å². The summed E-state index contributed by atoms with van der Waals surface area (Å²) < 4.78 is 5.56. The molecule has 2 aliphatic heterocycles. The molecule has 1 fully saturated rings. The molecule has 1 aromatic carbocycles. The van der Waals surface area contributed by atoms with E-state index in [1.54, 1.807) is 24.2 Å². The molecule has 1 saturated heterocycles. The molecule has 2 N–H and O–H groups in total. The predicted octanol–water partition coefficient (Wildman–Crippen LogP) is 2.42. The highest BCUT2D eigenvalue weighted by Crippen LogP contribution is 2.31. The standard InChI is InChI=1S/C26H30N8O3/c1-3-27-26(36)30-19-6-4-18(5-7-19)23-31-21-16-34(25(35)22-17(2)28-9-10-29-22)11-8-20(21)24(32-23)33-12-14-37-15-13-33/h4-7,9-10H,3,8,11-16H2,1-2H3,(H2,27,30,36). The van der Waals surface area contributed by atoms with Crippen LogP contribution < -0.4 is 15.5 Å². The van der Waals surface area contributed by atoms with E-state index in [1.165, 1.54) is 0 Å². The summed E-state index contributed by atoms with van der Waals surface area (Å²) in [4.78, 5) is 47.5. The predicted molar refractivity (Wildman–Crippen MR) is 138 cm³/mol. The van der Waals surface area contributed by atoms with Crippen LogP contribution in [0.5, 0.6) is 0 Å². The maximum Gasteiger partial charge on any atom is 0.319 e. The number of rotatable bonds is 5. The molecule has 0 spiro atoms. The Hall–Kier alpha value is -4.12. The molecule has 0 radical (unpaired) electrons. The quantitative estimate of drug-likeness (QED) is 0.545. The first-order valence-electron chi connectivity index (χ1n) is 12.5. The van der Waals surface area contributed by atoms with Gasteiger partial charge in [-0.15, -0.1) is 0 Å². The molecule has 0 unspecified atom stereocenters. The Morgan fingerprint density at radius 1 is 1.03 bits per heavy atom. The largest absolute Gasteiger partial charge is 0.378 e. The number of aromatic nitrogens is 4. The number of hydrogen-bond acceptors (Lipinski definition) is 8. The first kappa shape index (κ1) is 24.6. The SMILES string of the molecule is CCNC(=O)Nc1ccc(-c2nc3c(c(N4CCOCC4)n2)CCN(C(=O)c2nccnc2C)C3)cc1. The lowest BCUT2D eigenvalue weighted by Gasteiger charge is -2.34. The molecular weight excluding hydrogens is 472 g/mol. The molecule has 4 heterocycles. The summed E-state index contributed by atoms with van der Waals surface area (Å²) in [7, 11) is 0. The second-order valence-corrected chi connectivity index (χ2v) is 8.92. The van der Waals surface area contributed by atoms with Crippen molar-refractivity contribution in [1.29, 1.82) is 0 Å². The molecule has 0 bridgehead atoms. The zero-order valence-corrected chi connectivity index (χ0v) is 21.0. The van der Waals surface area contributed by atoms with Crippen molar-refractivity contribution < 1.29 is 14.3 Å². The Kier molecular flexibility index (Phi) is 7.22. The van der Waals surface area contributed by atoms with E-state index < -0.39 is 0 Å². The van der Waals surface area contributed by atoms with Crippen molar-refractivity contribution in [2.24, 2.45) is 0 Å². The number of aryl methyl sites for hydroxylation is 1. The molecule has 0 aliphatic carbocycles. The Morgan fingerprint density at radius 2 is 1.78 bits per heavy atom. The average molecular weight is 503 g/mol. The maximum atomic E-state index is 13.3. The summed E-state index contributed by atoms with van der Waals surface area (Å²) in [5.41, 5.74) is 4.38. The minimum Gasteiger partial charge on any atom is -0.378 e. The van der Waals surface area contributed by atoms with Gasteiger partial charge < -0.3 is 25.2 Å². The fraction of sp³-hybridized carbons (Fsp3) is 0.385. The van der Waals surface area contributed by atoms with Crippen molar-refractivity contribution in [1.82, 2.24) is 30.2 Å². The van der Waals surface area contributed by atoms with Gasteiger partial charge in [0, 0.05) is 55.4 Å². The molecule has 192 valence electrons. The molecule has 11 nitrogen and oxygen atoms in total. The van der Waals surface area contributed by atoms with Crippen LogP contribution in [0.15, 0.2) is 36.7 Å². The number of fused-ring (bicyclic) bond motifs is 1. The second-order valence-electron chi connectivity index (χ2n) is 8.92. The molecule has 3 amide bonds. The molecule has 2 aliphatic rings. The minimum absolute atomic E-state index is 0.148. The monoisotopic (exact) mass is 502 g/mol. The van der Waals surface area contributed by atoms with E-state index in [0.717, 1.165) is 35.7 Å². The summed E-state index contributed by atoms with van der Waals surface area (Å²) >= 11 is 0. The third-order valence-electron chi connectivity index (χ3n) is 6.46. The van der Waals surface area contributed by atoms with E-state index in [2.05, 4.69) is 25.5 Å². The fourth-order valence-electron chi connectivity index (χ4n) is 4.56. The lowest BCUT2D eigenvalue weighted by molar-refractivity contribution is 0.0724. The number of anilines is 2. The van der Waals surface area contributed by atoms with Gasteiger partial charge in [-0.2, -0.15) is 0 Å². The van der Waals surface area contributed by atoms with Crippen molar-refractivity contribution in [3.05, 3.63) is 59.3 Å². The van der Waals surface area contributed by atoms with Crippen molar-refractivity contribution in [3.8, 4) is 11.4 Å². The van der Waals surface area contributed by atoms with Crippen LogP contribution in [0.3, 0.4) is 0 Å². The van der Waals surface area contributed by atoms with Gasteiger partial charge in [0.2, 0.25) is 0 Å². The second kappa shape index (κ2) is 10.9. The van der Waals surface area contributed by atoms with Crippen molar-refractivity contribution in [3.63, 3.8) is 0 Å². The highest BCUT2D eigenvalue weighted by atomic mass is 16.5. The van der Waals surface area contributed by atoms with Gasteiger partial charge in [-0.3, -0.25) is 9.78 Å². The van der Waals surface area contributed by atoms with Crippen molar-refractivity contribution in [2.45, 2.75) is 26.8 Å². The Labute approximate surface area is 215 Å². The van der Waals surface area contributed by atoms with Gasteiger partial charge in [0.25, 0.3) is 5.91 Å². The van der Waals surface area contributed by atoms with Crippen LogP contribution in [0.1, 0.15) is 34.4 Å². The Bertz CT molecular complexity index is 1290. The van der Waals surface area contributed by atoms with Crippen LogP contribution in [0.4, 0.5) is 16.3 Å². The molecule has 37 heavy (non-hydrogen) atoms. The Balaban J connectivity index is 1.47. The van der Waals surface area contributed by atoms with Gasteiger partial charge in [0.15, 0.2) is 5.82 Å².